The van der Waals surface area contributed by atoms with Crippen molar-refractivity contribution in [3.8, 4) is 0 Å². The molecule has 2 aromatic rings. The van der Waals surface area contributed by atoms with E-state index in [1.807, 2.05) is 28.9 Å². The van der Waals surface area contributed by atoms with Crippen molar-refractivity contribution in [1.29, 1.82) is 0 Å². The van der Waals surface area contributed by atoms with E-state index in [1.54, 1.807) is 6.33 Å². The van der Waals surface area contributed by atoms with Crippen molar-refractivity contribution in [3.63, 3.8) is 0 Å². The lowest BCUT2D eigenvalue weighted by molar-refractivity contribution is 0.0720. The van der Waals surface area contributed by atoms with Gasteiger partial charge in [0.15, 0.2) is 0 Å². The minimum atomic E-state index is -0.397. The van der Waals surface area contributed by atoms with Gasteiger partial charge in [0.1, 0.15) is 12.7 Å². The summed E-state index contributed by atoms with van der Waals surface area (Å²) in [5.74, 6) is 0.137. The Labute approximate surface area is 135 Å². The maximum atomic E-state index is 10.3. The van der Waals surface area contributed by atoms with Crippen LogP contribution >= 0.6 is 11.6 Å². The molecule has 0 spiro atoms. The number of aliphatic hydroxyl groups excluding tert-OH is 1. The van der Waals surface area contributed by atoms with Crippen molar-refractivity contribution in [2.24, 2.45) is 5.92 Å². The van der Waals surface area contributed by atoms with Gasteiger partial charge < -0.3 is 5.11 Å². The Kier molecular flexibility index (Phi) is 4.32. The number of aromatic nitrogens is 3. The standard InChI is InChI=1S/C17H20ClN3O/c1-17(21-12-19-11-20-21,15-3-2-4-16(15)22)10-9-13-5-7-14(18)8-6-13/h5-12,15-16,22H,2-4H2,1H3/b10-9+. The molecule has 5 heteroatoms. The fraction of sp³-hybridized carbons (Fsp3) is 0.412. The second-order valence-corrected chi connectivity index (χ2v) is 6.49. The molecule has 3 rings (SSSR count). The Balaban J connectivity index is 1.93. The van der Waals surface area contributed by atoms with Gasteiger partial charge in [0.2, 0.25) is 0 Å². The van der Waals surface area contributed by atoms with E-state index in [2.05, 4.69) is 29.2 Å². The number of nitrogens with zero attached hydrogens (tertiary/aromatic N) is 3. The van der Waals surface area contributed by atoms with Crippen LogP contribution in [-0.4, -0.2) is 26.0 Å². The number of aliphatic hydroxyl groups is 1. The minimum Gasteiger partial charge on any atom is -0.393 e. The van der Waals surface area contributed by atoms with E-state index >= 15 is 0 Å². The summed E-state index contributed by atoms with van der Waals surface area (Å²) in [5.41, 5.74) is 0.676. The summed E-state index contributed by atoms with van der Waals surface area (Å²) >= 11 is 5.93. The van der Waals surface area contributed by atoms with E-state index < -0.39 is 5.54 Å². The van der Waals surface area contributed by atoms with Crippen LogP contribution in [0.15, 0.2) is 43.0 Å². The van der Waals surface area contributed by atoms with Crippen LogP contribution in [-0.2, 0) is 5.54 Å². The summed E-state index contributed by atoms with van der Waals surface area (Å²) in [6, 6.07) is 7.70. The van der Waals surface area contributed by atoms with Crippen molar-refractivity contribution in [2.75, 3.05) is 0 Å². The summed E-state index contributed by atoms with van der Waals surface area (Å²) in [4.78, 5) is 4.07. The molecule has 1 aliphatic carbocycles. The second kappa shape index (κ2) is 6.23. The summed E-state index contributed by atoms with van der Waals surface area (Å²) in [6.07, 6.45) is 10.0. The average Bonchev–Trinajstić information content (AvgIpc) is 3.18. The zero-order valence-corrected chi connectivity index (χ0v) is 13.3. The molecule has 22 heavy (non-hydrogen) atoms. The van der Waals surface area contributed by atoms with Gasteiger partial charge in [-0.15, -0.1) is 0 Å². The van der Waals surface area contributed by atoms with Gasteiger partial charge in [-0.1, -0.05) is 42.3 Å². The first kappa shape index (κ1) is 15.3. The van der Waals surface area contributed by atoms with Crippen LogP contribution in [0.25, 0.3) is 6.08 Å². The van der Waals surface area contributed by atoms with Gasteiger partial charge in [0.25, 0.3) is 0 Å². The van der Waals surface area contributed by atoms with Gasteiger partial charge in [0, 0.05) is 10.9 Å². The number of halogens is 1. The maximum Gasteiger partial charge on any atom is 0.137 e. The van der Waals surface area contributed by atoms with Gasteiger partial charge in [0.05, 0.1) is 11.6 Å². The highest BCUT2D eigenvalue weighted by Gasteiger charge is 2.41. The Morgan fingerprint density at radius 1 is 1.32 bits per heavy atom. The summed E-state index contributed by atoms with van der Waals surface area (Å²) in [5, 5.41) is 15.4. The molecule has 3 atom stereocenters. The predicted molar refractivity (Wildman–Crippen MR) is 87.5 cm³/mol. The normalized spacial score (nSPS) is 24.7. The Morgan fingerprint density at radius 2 is 2.09 bits per heavy atom. The van der Waals surface area contributed by atoms with Crippen molar-refractivity contribution >= 4 is 17.7 Å². The molecule has 0 radical (unpaired) electrons. The van der Waals surface area contributed by atoms with Gasteiger partial charge in [-0.25, -0.2) is 9.67 Å². The molecule has 1 aromatic carbocycles. The molecule has 0 saturated heterocycles. The first-order valence-electron chi connectivity index (χ1n) is 7.57. The quantitative estimate of drug-likeness (QED) is 0.938. The van der Waals surface area contributed by atoms with Crippen LogP contribution in [0.2, 0.25) is 5.02 Å². The number of hydrogen-bond donors (Lipinski definition) is 1. The number of allylic oxidation sites excluding steroid dienone is 1. The highest BCUT2D eigenvalue weighted by molar-refractivity contribution is 6.30. The maximum absolute atomic E-state index is 10.3. The summed E-state index contributed by atoms with van der Waals surface area (Å²) in [6.45, 7) is 2.10. The van der Waals surface area contributed by atoms with Crippen molar-refractivity contribution in [3.05, 3.63) is 53.6 Å². The van der Waals surface area contributed by atoms with Crippen LogP contribution in [0, 0.1) is 5.92 Å². The first-order chi connectivity index (χ1) is 10.6. The number of benzene rings is 1. The second-order valence-electron chi connectivity index (χ2n) is 6.06. The van der Waals surface area contributed by atoms with Crippen LogP contribution in [0.1, 0.15) is 31.7 Å². The molecule has 3 unspecified atom stereocenters. The Bertz CT molecular complexity index is 638. The molecule has 1 fully saturated rings. The van der Waals surface area contributed by atoms with Crippen molar-refractivity contribution in [1.82, 2.24) is 14.8 Å². The van der Waals surface area contributed by atoms with Crippen LogP contribution in [0.3, 0.4) is 0 Å². The highest BCUT2D eigenvalue weighted by Crippen LogP contribution is 2.40. The van der Waals surface area contributed by atoms with E-state index in [4.69, 9.17) is 11.6 Å². The zero-order valence-electron chi connectivity index (χ0n) is 12.6. The van der Waals surface area contributed by atoms with E-state index in [0.717, 1.165) is 29.8 Å². The largest absolute Gasteiger partial charge is 0.393 e. The lowest BCUT2D eigenvalue weighted by atomic mass is 9.82. The van der Waals surface area contributed by atoms with Crippen LogP contribution < -0.4 is 0 Å². The summed E-state index contributed by atoms with van der Waals surface area (Å²) < 4.78 is 1.85. The average molecular weight is 318 g/mol. The smallest absolute Gasteiger partial charge is 0.137 e. The lowest BCUT2D eigenvalue weighted by Crippen LogP contribution is -2.40. The molecule has 4 nitrogen and oxygen atoms in total. The highest BCUT2D eigenvalue weighted by atomic mass is 35.5. The van der Waals surface area contributed by atoms with Crippen molar-refractivity contribution in [2.45, 2.75) is 37.8 Å². The molecule has 1 aliphatic rings. The molecule has 1 saturated carbocycles. The van der Waals surface area contributed by atoms with Gasteiger partial charge in [-0.05, 0) is 37.5 Å². The topological polar surface area (TPSA) is 50.9 Å². The van der Waals surface area contributed by atoms with Crippen molar-refractivity contribution < 1.29 is 5.11 Å². The molecule has 0 aliphatic heterocycles. The van der Waals surface area contributed by atoms with E-state index in [0.29, 0.717) is 0 Å². The molecule has 0 amide bonds. The van der Waals surface area contributed by atoms with Gasteiger partial charge >= 0.3 is 0 Å². The molecule has 116 valence electrons. The fourth-order valence-electron chi connectivity index (χ4n) is 3.29. The summed E-state index contributed by atoms with van der Waals surface area (Å²) in [7, 11) is 0. The SMILES string of the molecule is CC(/C=C/c1ccc(Cl)cc1)(C1CCCC1O)n1cncn1. The number of hydrogen-bond acceptors (Lipinski definition) is 3. The van der Waals surface area contributed by atoms with Gasteiger partial charge in [-0.3, -0.25) is 0 Å². The Morgan fingerprint density at radius 3 is 2.68 bits per heavy atom. The molecular formula is C17H20ClN3O. The fourth-order valence-corrected chi connectivity index (χ4v) is 3.41. The Hall–Kier alpha value is -1.65. The first-order valence-corrected chi connectivity index (χ1v) is 7.95. The molecule has 1 N–H and O–H groups in total. The van der Waals surface area contributed by atoms with E-state index in [9.17, 15) is 5.11 Å². The number of rotatable bonds is 4. The molecule has 1 heterocycles. The molecule has 1 aromatic heterocycles. The van der Waals surface area contributed by atoms with E-state index in [1.165, 1.54) is 6.33 Å². The third kappa shape index (κ3) is 2.94. The predicted octanol–water partition coefficient (Wildman–Crippen LogP) is 3.52. The molecular weight excluding hydrogens is 298 g/mol. The third-order valence-electron chi connectivity index (χ3n) is 4.63. The minimum absolute atomic E-state index is 0.137. The molecule has 0 bridgehead atoms. The third-order valence-corrected chi connectivity index (χ3v) is 4.88. The van der Waals surface area contributed by atoms with E-state index in [-0.39, 0.29) is 12.0 Å². The van der Waals surface area contributed by atoms with Crippen LogP contribution in [0.4, 0.5) is 0 Å². The van der Waals surface area contributed by atoms with Gasteiger partial charge in [-0.2, -0.15) is 5.10 Å². The van der Waals surface area contributed by atoms with Crippen LogP contribution in [0.5, 0.6) is 0 Å². The monoisotopic (exact) mass is 317 g/mol. The zero-order chi connectivity index (χ0) is 15.6. The lowest BCUT2D eigenvalue weighted by Gasteiger charge is -2.34.